The van der Waals surface area contributed by atoms with Gasteiger partial charge in [0.15, 0.2) is 5.13 Å². The highest BCUT2D eigenvalue weighted by atomic mass is 32.2. The number of hydrogen-bond donors (Lipinski definition) is 1. The van der Waals surface area contributed by atoms with E-state index < -0.39 is 0 Å². The quantitative estimate of drug-likeness (QED) is 0.602. The molecular weight excluding hydrogens is 375 g/mol. The predicted octanol–water partition coefficient (Wildman–Crippen LogP) is 5.50. The molecule has 0 aliphatic carbocycles. The van der Waals surface area contributed by atoms with Crippen LogP contribution in [0.25, 0.3) is 11.3 Å². The molecule has 0 aliphatic rings. The van der Waals surface area contributed by atoms with Crippen molar-refractivity contribution in [1.82, 2.24) is 4.98 Å². The van der Waals surface area contributed by atoms with Gasteiger partial charge in [0.1, 0.15) is 5.82 Å². The van der Waals surface area contributed by atoms with Gasteiger partial charge in [-0.05, 0) is 37.6 Å². The lowest BCUT2D eigenvalue weighted by molar-refractivity contribution is -0.113. The molecule has 7 heteroatoms. The highest BCUT2D eigenvalue weighted by Gasteiger charge is 2.11. The molecule has 0 bridgehead atoms. The lowest BCUT2D eigenvalue weighted by atomic mass is 10.2. The van der Waals surface area contributed by atoms with E-state index in [2.05, 4.69) is 30.2 Å². The van der Waals surface area contributed by atoms with E-state index >= 15 is 0 Å². The molecule has 1 aromatic carbocycles. The molecule has 3 aromatic rings. The minimum Gasteiger partial charge on any atom is -0.301 e. The largest absolute Gasteiger partial charge is 0.301 e. The molecule has 25 heavy (non-hydrogen) atoms. The second-order valence-electron chi connectivity index (χ2n) is 5.53. The fourth-order valence-corrected chi connectivity index (χ4v) is 4.79. The Labute approximate surface area is 158 Å². The third-order valence-corrected chi connectivity index (χ3v) is 6.21. The Morgan fingerprint density at radius 3 is 2.72 bits per heavy atom. The van der Waals surface area contributed by atoms with Crippen molar-refractivity contribution in [2.24, 2.45) is 0 Å². The molecule has 0 aliphatic heterocycles. The number of nitrogens with zero attached hydrogens (tertiary/aromatic N) is 1. The second kappa shape index (κ2) is 8.12. The number of thioether (sulfide) groups is 1. The molecule has 0 radical (unpaired) electrons. The molecule has 0 fully saturated rings. The van der Waals surface area contributed by atoms with Gasteiger partial charge in [-0.25, -0.2) is 9.37 Å². The first-order valence-corrected chi connectivity index (χ1v) is 10.5. The van der Waals surface area contributed by atoms with Crippen LogP contribution in [0, 0.1) is 19.7 Å². The highest BCUT2D eigenvalue weighted by Crippen LogP contribution is 2.32. The van der Waals surface area contributed by atoms with Crippen molar-refractivity contribution in [3.05, 3.63) is 56.8 Å². The van der Waals surface area contributed by atoms with E-state index in [1.54, 1.807) is 23.5 Å². The topological polar surface area (TPSA) is 42.0 Å². The molecule has 3 nitrogen and oxygen atoms in total. The number of nitrogens with one attached hydrogen (secondary N) is 1. The third kappa shape index (κ3) is 4.90. The average molecular weight is 393 g/mol. The molecule has 1 N–H and O–H groups in total. The van der Waals surface area contributed by atoms with Crippen LogP contribution in [0.4, 0.5) is 9.52 Å². The molecule has 3 rings (SSSR count). The van der Waals surface area contributed by atoms with Crippen molar-refractivity contribution < 1.29 is 9.18 Å². The molecule has 2 heterocycles. The number of benzene rings is 1. The number of aryl methyl sites for hydroxylation is 2. The zero-order valence-electron chi connectivity index (χ0n) is 13.8. The number of thiophene rings is 1. The molecular formula is C18H17FN2OS3. The Hall–Kier alpha value is -1.70. The number of amides is 1. The van der Waals surface area contributed by atoms with E-state index in [1.807, 2.05) is 5.38 Å². The summed E-state index contributed by atoms with van der Waals surface area (Å²) >= 11 is 4.67. The van der Waals surface area contributed by atoms with Crippen molar-refractivity contribution in [3.63, 3.8) is 0 Å². The van der Waals surface area contributed by atoms with E-state index in [0.717, 1.165) is 16.8 Å². The first-order valence-electron chi connectivity index (χ1n) is 7.66. The van der Waals surface area contributed by atoms with Gasteiger partial charge in [-0.3, -0.25) is 4.79 Å². The van der Waals surface area contributed by atoms with Gasteiger partial charge < -0.3 is 5.32 Å². The van der Waals surface area contributed by atoms with Gasteiger partial charge in [0, 0.05) is 26.5 Å². The maximum Gasteiger partial charge on any atom is 0.236 e. The number of anilines is 1. The Bertz CT molecular complexity index is 871. The summed E-state index contributed by atoms with van der Waals surface area (Å²) in [6, 6.07) is 8.46. The number of carbonyl (C=O) groups excluding carboxylic acids is 1. The zero-order chi connectivity index (χ0) is 17.8. The van der Waals surface area contributed by atoms with Gasteiger partial charge in [0.05, 0.1) is 11.4 Å². The summed E-state index contributed by atoms with van der Waals surface area (Å²) in [4.78, 5) is 19.0. The fraction of sp³-hybridized carbons (Fsp3) is 0.222. The van der Waals surface area contributed by atoms with Crippen LogP contribution in [-0.4, -0.2) is 16.6 Å². The Kier molecular flexibility index (Phi) is 5.88. The maximum atomic E-state index is 12.9. The Morgan fingerprint density at radius 2 is 2.04 bits per heavy atom. The number of rotatable bonds is 6. The van der Waals surface area contributed by atoms with Crippen molar-refractivity contribution in [3.8, 4) is 11.3 Å². The van der Waals surface area contributed by atoms with E-state index in [9.17, 15) is 9.18 Å². The monoisotopic (exact) mass is 392 g/mol. The van der Waals surface area contributed by atoms with E-state index in [0.29, 0.717) is 16.6 Å². The van der Waals surface area contributed by atoms with Gasteiger partial charge in [-0.15, -0.1) is 34.4 Å². The first-order chi connectivity index (χ1) is 12.0. The molecule has 1 amide bonds. The van der Waals surface area contributed by atoms with Crippen molar-refractivity contribution in [2.45, 2.75) is 19.6 Å². The zero-order valence-corrected chi connectivity index (χ0v) is 16.3. The predicted molar refractivity (Wildman–Crippen MR) is 106 cm³/mol. The number of halogens is 1. The molecule has 0 saturated carbocycles. The summed E-state index contributed by atoms with van der Waals surface area (Å²) in [6.45, 7) is 4.16. The lowest BCUT2D eigenvalue weighted by Gasteiger charge is -2.02. The van der Waals surface area contributed by atoms with Crippen LogP contribution in [0.5, 0.6) is 0 Å². The van der Waals surface area contributed by atoms with Crippen LogP contribution in [-0.2, 0) is 10.5 Å². The molecule has 130 valence electrons. The molecule has 0 unspecified atom stereocenters. The highest BCUT2D eigenvalue weighted by molar-refractivity contribution is 7.99. The van der Waals surface area contributed by atoms with Gasteiger partial charge >= 0.3 is 0 Å². The van der Waals surface area contributed by atoms with Gasteiger partial charge in [0.25, 0.3) is 0 Å². The smallest absolute Gasteiger partial charge is 0.236 e. The first kappa shape index (κ1) is 18.1. The normalized spacial score (nSPS) is 10.8. The molecule has 0 atom stereocenters. The average Bonchev–Trinajstić information content (AvgIpc) is 3.15. The minimum absolute atomic E-state index is 0.0776. The van der Waals surface area contributed by atoms with Crippen LogP contribution >= 0.6 is 34.4 Å². The SMILES string of the molecule is Cc1cc(-c2csc(NC(=O)CSCc3ccc(F)cc3)n2)c(C)s1. The summed E-state index contributed by atoms with van der Waals surface area (Å²) in [5.41, 5.74) is 3.03. The number of carbonyl (C=O) groups is 1. The summed E-state index contributed by atoms with van der Waals surface area (Å²) in [6.07, 6.45) is 0. The second-order valence-corrected chi connectivity index (χ2v) is 8.84. The van der Waals surface area contributed by atoms with Crippen LogP contribution in [0.1, 0.15) is 15.3 Å². The van der Waals surface area contributed by atoms with Crippen LogP contribution in [0.15, 0.2) is 35.7 Å². The van der Waals surface area contributed by atoms with Gasteiger partial charge in [-0.2, -0.15) is 0 Å². The number of hydrogen-bond acceptors (Lipinski definition) is 5. The summed E-state index contributed by atoms with van der Waals surface area (Å²) < 4.78 is 12.9. The van der Waals surface area contributed by atoms with Crippen LogP contribution in [0.2, 0.25) is 0 Å². The Morgan fingerprint density at radius 1 is 1.28 bits per heavy atom. The maximum absolute atomic E-state index is 12.9. The van der Waals surface area contributed by atoms with E-state index in [4.69, 9.17) is 0 Å². The molecule has 0 saturated heterocycles. The van der Waals surface area contributed by atoms with Crippen molar-refractivity contribution in [2.75, 3.05) is 11.1 Å². The van der Waals surface area contributed by atoms with Gasteiger partial charge in [0.2, 0.25) is 5.91 Å². The minimum atomic E-state index is -0.248. The van der Waals surface area contributed by atoms with Crippen LogP contribution < -0.4 is 5.32 Å². The number of thiazole rings is 1. The summed E-state index contributed by atoms with van der Waals surface area (Å²) in [7, 11) is 0. The molecule has 0 spiro atoms. The van der Waals surface area contributed by atoms with Gasteiger partial charge in [-0.1, -0.05) is 12.1 Å². The van der Waals surface area contributed by atoms with Crippen LogP contribution in [0.3, 0.4) is 0 Å². The summed E-state index contributed by atoms with van der Waals surface area (Å²) in [5, 5.41) is 5.43. The number of aromatic nitrogens is 1. The fourth-order valence-electron chi connectivity index (χ4n) is 2.34. The Balaban J connectivity index is 1.51. The third-order valence-electron chi connectivity index (χ3n) is 3.48. The summed E-state index contributed by atoms with van der Waals surface area (Å²) in [5.74, 6) is 0.681. The van der Waals surface area contributed by atoms with Crippen molar-refractivity contribution >= 4 is 45.5 Å². The lowest BCUT2D eigenvalue weighted by Crippen LogP contribution is -2.13. The van der Waals surface area contributed by atoms with E-state index in [-0.39, 0.29) is 11.7 Å². The van der Waals surface area contributed by atoms with Crippen molar-refractivity contribution in [1.29, 1.82) is 0 Å². The standard InChI is InChI=1S/C18H17FN2OS3/c1-11-7-15(12(2)25-11)16-9-24-18(20-16)21-17(22)10-23-8-13-3-5-14(19)6-4-13/h3-7,9H,8,10H2,1-2H3,(H,20,21,22). The van der Waals surface area contributed by atoms with E-state index in [1.165, 1.54) is 45.0 Å². The molecule has 2 aromatic heterocycles.